The van der Waals surface area contributed by atoms with Gasteiger partial charge in [0.05, 0.1) is 5.57 Å². The first-order valence-corrected chi connectivity index (χ1v) is 11.4. The summed E-state index contributed by atoms with van der Waals surface area (Å²) in [6.45, 7) is 5.45. The third-order valence-corrected chi connectivity index (χ3v) is 5.29. The van der Waals surface area contributed by atoms with Crippen molar-refractivity contribution in [1.29, 1.82) is 0 Å². The van der Waals surface area contributed by atoms with E-state index >= 15 is 0 Å². The van der Waals surface area contributed by atoms with E-state index in [1.807, 2.05) is 6.08 Å². The predicted octanol–water partition coefficient (Wildman–Crippen LogP) is 7.17. The van der Waals surface area contributed by atoms with Crippen molar-refractivity contribution in [2.75, 3.05) is 0 Å². The van der Waals surface area contributed by atoms with E-state index in [-0.39, 0.29) is 11.7 Å². The van der Waals surface area contributed by atoms with Crippen LogP contribution in [0.2, 0.25) is 0 Å². The smallest absolute Gasteiger partial charge is 0.338 e. The summed E-state index contributed by atoms with van der Waals surface area (Å²) in [5.74, 6) is 6.42. The Morgan fingerprint density at radius 2 is 1.39 bits per heavy atom. The molecule has 0 fully saturated rings. The van der Waals surface area contributed by atoms with Gasteiger partial charge in [0, 0.05) is 12.8 Å². The molecule has 1 aliphatic rings. The molecule has 0 bridgehead atoms. The largest absolute Gasteiger partial charge is 0.508 e. The molecule has 0 saturated heterocycles. The van der Waals surface area contributed by atoms with Gasteiger partial charge < -0.3 is 9.84 Å². The second-order valence-electron chi connectivity index (χ2n) is 7.83. The van der Waals surface area contributed by atoms with Gasteiger partial charge in [-0.1, -0.05) is 57.4 Å². The van der Waals surface area contributed by atoms with Gasteiger partial charge >= 0.3 is 5.97 Å². The van der Waals surface area contributed by atoms with Crippen molar-refractivity contribution < 1.29 is 14.6 Å². The third kappa shape index (κ3) is 11.2. The number of esters is 1. The summed E-state index contributed by atoms with van der Waals surface area (Å²) in [4.78, 5) is 11.6. The highest BCUT2D eigenvalue weighted by Gasteiger charge is 2.30. The number of aliphatic hydroxyl groups is 1. The molecule has 0 aromatic carbocycles. The summed E-state index contributed by atoms with van der Waals surface area (Å²) in [5, 5.41) is 9.79. The highest BCUT2D eigenvalue weighted by atomic mass is 16.6. The maximum Gasteiger partial charge on any atom is 0.338 e. The number of cyclic esters (lactones) is 1. The van der Waals surface area contributed by atoms with Gasteiger partial charge in [0.1, 0.15) is 5.76 Å². The van der Waals surface area contributed by atoms with E-state index in [9.17, 15) is 9.90 Å². The second kappa shape index (κ2) is 16.3. The molecule has 1 aliphatic heterocycles. The van der Waals surface area contributed by atoms with Gasteiger partial charge in [-0.25, -0.2) is 4.79 Å². The van der Waals surface area contributed by atoms with E-state index in [0.717, 1.165) is 32.1 Å². The Hall–Kier alpha value is -1.69. The van der Waals surface area contributed by atoms with E-state index in [4.69, 9.17) is 4.74 Å². The fraction of sp³-hybridized carbons (Fsp3) is 0.720. The first kappa shape index (κ1) is 24.3. The molecule has 3 heteroatoms. The minimum Gasteiger partial charge on any atom is -0.508 e. The summed E-state index contributed by atoms with van der Waals surface area (Å²) < 4.78 is 5.00. The van der Waals surface area contributed by atoms with Crippen LogP contribution in [0.25, 0.3) is 0 Å². The van der Waals surface area contributed by atoms with Gasteiger partial charge in [0.15, 0.2) is 6.10 Å². The summed E-state index contributed by atoms with van der Waals surface area (Å²) in [7, 11) is 0. The van der Waals surface area contributed by atoms with E-state index < -0.39 is 6.10 Å². The van der Waals surface area contributed by atoms with Crippen LogP contribution in [0.5, 0.6) is 0 Å². The van der Waals surface area contributed by atoms with E-state index in [1.54, 1.807) is 6.92 Å². The lowest BCUT2D eigenvalue weighted by atomic mass is 10.0. The Kier molecular flexibility index (Phi) is 14.2. The van der Waals surface area contributed by atoms with Crippen LogP contribution in [0.15, 0.2) is 24.0 Å². The van der Waals surface area contributed by atoms with Crippen LogP contribution in [0.3, 0.4) is 0 Å². The van der Waals surface area contributed by atoms with Crippen LogP contribution in [-0.4, -0.2) is 17.2 Å². The van der Waals surface area contributed by atoms with Crippen molar-refractivity contribution in [2.45, 2.75) is 116 Å². The quantitative estimate of drug-likeness (QED) is 0.132. The van der Waals surface area contributed by atoms with Crippen molar-refractivity contribution >= 4 is 5.97 Å². The zero-order valence-electron chi connectivity index (χ0n) is 17.9. The highest BCUT2D eigenvalue weighted by Crippen LogP contribution is 2.25. The topological polar surface area (TPSA) is 46.5 Å². The summed E-state index contributed by atoms with van der Waals surface area (Å²) in [6.07, 6.45) is 20.1. The molecule has 3 nitrogen and oxygen atoms in total. The zero-order valence-corrected chi connectivity index (χ0v) is 17.9. The first-order valence-electron chi connectivity index (χ1n) is 11.4. The van der Waals surface area contributed by atoms with Crippen LogP contribution in [-0.2, 0) is 9.53 Å². The van der Waals surface area contributed by atoms with Crippen LogP contribution in [0.1, 0.15) is 110 Å². The number of aliphatic hydroxyl groups excluding tert-OH is 1. The average molecular weight is 389 g/mol. The Balaban J connectivity index is 1.83. The molecule has 28 heavy (non-hydrogen) atoms. The molecule has 0 radical (unpaired) electrons. The predicted molar refractivity (Wildman–Crippen MR) is 117 cm³/mol. The van der Waals surface area contributed by atoms with E-state index in [2.05, 4.69) is 18.4 Å². The Morgan fingerprint density at radius 1 is 0.893 bits per heavy atom. The zero-order chi connectivity index (χ0) is 20.5. The molecule has 0 amide bonds. The molecule has 1 N–H and O–H groups in total. The number of hydrogen-bond donors (Lipinski definition) is 1. The fourth-order valence-electron chi connectivity index (χ4n) is 3.48. The Labute approximate surface area is 172 Å². The number of carbonyl (C=O) groups excluding carboxylic acids is 1. The minimum atomic E-state index is -0.459. The van der Waals surface area contributed by atoms with Gasteiger partial charge in [0.25, 0.3) is 0 Å². The number of rotatable bonds is 16. The maximum atomic E-state index is 11.6. The fourth-order valence-corrected chi connectivity index (χ4v) is 3.48. The molecule has 158 valence electrons. The third-order valence-electron chi connectivity index (χ3n) is 5.29. The van der Waals surface area contributed by atoms with Crippen molar-refractivity contribution in [3.05, 3.63) is 24.0 Å². The summed E-state index contributed by atoms with van der Waals surface area (Å²) in [5.41, 5.74) is 0.487. The van der Waals surface area contributed by atoms with Crippen molar-refractivity contribution in [3.63, 3.8) is 0 Å². The minimum absolute atomic E-state index is 0.136. The van der Waals surface area contributed by atoms with Gasteiger partial charge in [-0.05, 0) is 45.4 Å². The van der Waals surface area contributed by atoms with Crippen LogP contribution < -0.4 is 0 Å². The number of ether oxygens (including phenoxy) is 1. The van der Waals surface area contributed by atoms with Crippen LogP contribution in [0, 0.1) is 11.8 Å². The maximum absolute atomic E-state index is 11.6. The SMILES string of the molecule is C=CCCCCCCC#CCCCCCCCCCCC1=C(O)[C@@H](C)OC1=O. The summed E-state index contributed by atoms with van der Waals surface area (Å²) in [6, 6.07) is 0. The molecule has 1 atom stereocenters. The number of carbonyl (C=O) groups is 1. The Bertz CT molecular complexity index is 536. The highest BCUT2D eigenvalue weighted by molar-refractivity contribution is 5.91. The molecule has 1 rings (SSSR count). The average Bonchev–Trinajstić information content (AvgIpc) is 2.92. The monoisotopic (exact) mass is 388 g/mol. The second-order valence-corrected chi connectivity index (χ2v) is 7.83. The molecule has 0 unspecified atom stereocenters. The number of hydrogen-bond acceptors (Lipinski definition) is 3. The standard InChI is InChI=1S/C25H40O3/c1-3-4-5-6-7-8-9-10-11-12-13-14-15-16-17-18-19-20-21-23-24(26)22(2)28-25(23)27/h3,22,26H,1,4-9,12-21H2,2H3/t22-/m1/s1. The molecule has 0 aromatic heterocycles. The molecular formula is C25H40O3. The lowest BCUT2D eigenvalue weighted by Crippen LogP contribution is -2.05. The number of allylic oxidation sites excluding steroid dienone is 1. The molecule has 1 heterocycles. The molecule has 0 aliphatic carbocycles. The van der Waals surface area contributed by atoms with Crippen molar-refractivity contribution in [1.82, 2.24) is 0 Å². The molecule has 0 saturated carbocycles. The van der Waals surface area contributed by atoms with Crippen molar-refractivity contribution in [2.24, 2.45) is 0 Å². The van der Waals surface area contributed by atoms with Gasteiger partial charge in [-0.3, -0.25) is 0 Å². The van der Waals surface area contributed by atoms with Gasteiger partial charge in [-0.15, -0.1) is 18.4 Å². The van der Waals surface area contributed by atoms with Crippen molar-refractivity contribution in [3.8, 4) is 11.8 Å². The van der Waals surface area contributed by atoms with Gasteiger partial charge in [0.2, 0.25) is 0 Å². The van der Waals surface area contributed by atoms with E-state index in [0.29, 0.717) is 12.0 Å². The molecular weight excluding hydrogens is 348 g/mol. The molecule has 0 aromatic rings. The Morgan fingerprint density at radius 3 is 1.89 bits per heavy atom. The first-order chi connectivity index (χ1) is 13.7. The van der Waals surface area contributed by atoms with Crippen LogP contribution >= 0.6 is 0 Å². The normalized spacial score (nSPS) is 16.0. The van der Waals surface area contributed by atoms with E-state index in [1.165, 1.54) is 64.2 Å². The van der Waals surface area contributed by atoms with Crippen LogP contribution in [0.4, 0.5) is 0 Å². The molecule has 0 spiro atoms. The van der Waals surface area contributed by atoms with Gasteiger partial charge in [-0.2, -0.15) is 0 Å². The summed E-state index contributed by atoms with van der Waals surface area (Å²) >= 11 is 0. The lowest BCUT2D eigenvalue weighted by molar-refractivity contribution is -0.139. The number of unbranched alkanes of at least 4 members (excludes halogenated alkanes) is 13. The lowest BCUT2D eigenvalue weighted by Gasteiger charge is -2.02.